The van der Waals surface area contributed by atoms with E-state index >= 15 is 0 Å². The van der Waals surface area contributed by atoms with Crippen molar-refractivity contribution in [1.29, 1.82) is 0 Å². The highest BCUT2D eigenvalue weighted by molar-refractivity contribution is 5.57. The van der Waals surface area contributed by atoms with E-state index < -0.39 is 17.5 Å². The van der Waals surface area contributed by atoms with E-state index in [1.807, 2.05) is 0 Å². The fourth-order valence-corrected chi connectivity index (χ4v) is 2.70. The molecule has 112 valence electrons. The summed E-state index contributed by atoms with van der Waals surface area (Å²) >= 11 is 0. The molecule has 21 heavy (non-hydrogen) atoms. The van der Waals surface area contributed by atoms with Crippen molar-refractivity contribution in [2.75, 3.05) is 6.54 Å². The van der Waals surface area contributed by atoms with E-state index in [4.69, 9.17) is 0 Å². The standard InChI is InChI=1S/C14H15F3N4/c1-2-3-11-13-19-20-14(21(13)5-4-18-11)12-9(16)6-8(15)7-10(12)17/h6-7,11,18H,2-5H2,1H3. The van der Waals surface area contributed by atoms with Gasteiger partial charge in [-0.25, -0.2) is 13.2 Å². The Bertz CT molecular complexity index is 645. The minimum atomic E-state index is -0.965. The van der Waals surface area contributed by atoms with Crippen LogP contribution in [0.5, 0.6) is 0 Å². The molecule has 1 atom stereocenters. The second-order valence-electron chi connectivity index (χ2n) is 5.07. The third-order valence-corrected chi connectivity index (χ3v) is 3.63. The van der Waals surface area contributed by atoms with Gasteiger partial charge < -0.3 is 9.88 Å². The van der Waals surface area contributed by atoms with Crippen molar-refractivity contribution in [3.05, 3.63) is 35.4 Å². The largest absolute Gasteiger partial charge is 0.308 e. The summed E-state index contributed by atoms with van der Waals surface area (Å²) < 4.78 is 42.5. The molecular weight excluding hydrogens is 281 g/mol. The van der Waals surface area contributed by atoms with Crippen LogP contribution in [0.25, 0.3) is 11.4 Å². The second kappa shape index (κ2) is 5.48. The molecule has 0 bridgehead atoms. The van der Waals surface area contributed by atoms with E-state index in [9.17, 15) is 13.2 Å². The van der Waals surface area contributed by atoms with Crippen LogP contribution in [0.1, 0.15) is 31.6 Å². The number of nitrogens with zero attached hydrogens (tertiary/aromatic N) is 3. The van der Waals surface area contributed by atoms with Gasteiger partial charge in [-0.1, -0.05) is 13.3 Å². The summed E-state index contributed by atoms with van der Waals surface area (Å²) in [5, 5.41) is 11.3. The van der Waals surface area contributed by atoms with E-state index in [1.165, 1.54) is 0 Å². The Morgan fingerprint density at radius 1 is 1.24 bits per heavy atom. The molecule has 0 saturated heterocycles. The van der Waals surface area contributed by atoms with Crippen LogP contribution >= 0.6 is 0 Å². The number of benzene rings is 1. The highest BCUT2D eigenvalue weighted by Crippen LogP contribution is 2.29. The van der Waals surface area contributed by atoms with Crippen molar-refractivity contribution < 1.29 is 13.2 Å². The molecule has 4 nitrogen and oxygen atoms in total. The lowest BCUT2D eigenvalue weighted by Crippen LogP contribution is -2.33. The molecule has 2 heterocycles. The average Bonchev–Trinajstić information content (AvgIpc) is 2.83. The number of hydrogen-bond acceptors (Lipinski definition) is 3. The minimum absolute atomic E-state index is 0.0246. The summed E-state index contributed by atoms with van der Waals surface area (Å²) in [4.78, 5) is 0. The third-order valence-electron chi connectivity index (χ3n) is 3.63. The number of fused-ring (bicyclic) bond motifs is 1. The Kier molecular flexibility index (Phi) is 3.67. The number of aromatic nitrogens is 3. The van der Waals surface area contributed by atoms with Crippen molar-refractivity contribution in [1.82, 2.24) is 20.1 Å². The smallest absolute Gasteiger partial charge is 0.170 e. The van der Waals surface area contributed by atoms with Gasteiger partial charge in [-0.2, -0.15) is 0 Å². The van der Waals surface area contributed by atoms with Crippen molar-refractivity contribution in [2.45, 2.75) is 32.4 Å². The van der Waals surface area contributed by atoms with E-state index in [2.05, 4.69) is 22.4 Å². The molecule has 1 N–H and O–H groups in total. The van der Waals surface area contributed by atoms with Crippen molar-refractivity contribution in [2.24, 2.45) is 0 Å². The predicted molar refractivity (Wildman–Crippen MR) is 71.0 cm³/mol. The summed E-state index contributed by atoms with van der Waals surface area (Å²) in [5.41, 5.74) is -0.327. The lowest BCUT2D eigenvalue weighted by atomic mass is 10.1. The van der Waals surface area contributed by atoms with Gasteiger partial charge in [0.1, 0.15) is 17.5 Å². The summed E-state index contributed by atoms with van der Waals surface area (Å²) in [6.07, 6.45) is 1.83. The van der Waals surface area contributed by atoms with Crippen LogP contribution < -0.4 is 5.32 Å². The maximum absolute atomic E-state index is 13.9. The van der Waals surface area contributed by atoms with Crippen LogP contribution in [0.3, 0.4) is 0 Å². The molecule has 0 amide bonds. The molecule has 3 rings (SSSR count). The first kappa shape index (κ1) is 14.1. The lowest BCUT2D eigenvalue weighted by Gasteiger charge is -2.24. The summed E-state index contributed by atoms with van der Waals surface area (Å²) in [6, 6.07) is 1.34. The van der Waals surface area contributed by atoms with Gasteiger partial charge in [0.15, 0.2) is 11.6 Å². The zero-order valence-corrected chi connectivity index (χ0v) is 11.5. The van der Waals surface area contributed by atoms with Crippen LogP contribution in [-0.2, 0) is 6.54 Å². The van der Waals surface area contributed by atoms with Crippen LogP contribution in [0.4, 0.5) is 13.2 Å². The Morgan fingerprint density at radius 3 is 2.62 bits per heavy atom. The van der Waals surface area contributed by atoms with Gasteiger partial charge in [0.25, 0.3) is 0 Å². The van der Waals surface area contributed by atoms with Crippen molar-refractivity contribution in [3.63, 3.8) is 0 Å². The highest BCUT2D eigenvalue weighted by Gasteiger charge is 2.27. The summed E-state index contributed by atoms with van der Waals surface area (Å²) in [6.45, 7) is 3.25. The van der Waals surface area contributed by atoms with Gasteiger partial charge in [0.2, 0.25) is 0 Å². The normalized spacial score (nSPS) is 17.8. The molecule has 0 aliphatic carbocycles. The first-order valence-corrected chi connectivity index (χ1v) is 6.93. The number of hydrogen-bond donors (Lipinski definition) is 1. The molecule has 1 aromatic heterocycles. The fourth-order valence-electron chi connectivity index (χ4n) is 2.70. The predicted octanol–water partition coefficient (Wildman–Crippen LogP) is 2.81. The van der Waals surface area contributed by atoms with E-state index in [1.54, 1.807) is 4.57 Å². The third kappa shape index (κ3) is 2.42. The lowest BCUT2D eigenvalue weighted by molar-refractivity contribution is 0.393. The summed E-state index contributed by atoms with van der Waals surface area (Å²) in [7, 11) is 0. The fraction of sp³-hybridized carbons (Fsp3) is 0.429. The number of halogens is 3. The Hall–Kier alpha value is -1.89. The van der Waals surface area contributed by atoms with E-state index in [0.29, 0.717) is 31.0 Å². The zero-order valence-electron chi connectivity index (χ0n) is 11.5. The zero-order chi connectivity index (χ0) is 15.0. The maximum atomic E-state index is 13.9. The molecule has 1 aliphatic rings. The molecule has 1 aliphatic heterocycles. The van der Waals surface area contributed by atoms with Crippen LogP contribution in [0.15, 0.2) is 12.1 Å². The van der Waals surface area contributed by atoms with Crippen LogP contribution in [0, 0.1) is 17.5 Å². The average molecular weight is 296 g/mol. The highest BCUT2D eigenvalue weighted by atomic mass is 19.1. The number of rotatable bonds is 3. The number of nitrogens with one attached hydrogen (secondary N) is 1. The van der Waals surface area contributed by atoms with Gasteiger partial charge >= 0.3 is 0 Å². The van der Waals surface area contributed by atoms with Gasteiger partial charge in [0.05, 0.1) is 11.6 Å². The molecule has 1 unspecified atom stereocenters. The first-order chi connectivity index (χ1) is 10.1. The van der Waals surface area contributed by atoms with E-state index in [0.717, 1.165) is 12.8 Å². The molecule has 0 saturated carbocycles. The molecule has 0 radical (unpaired) electrons. The van der Waals surface area contributed by atoms with E-state index in [-0.39, 0.29) is 17.4 Å². The topological polar surface area (TPSA) is 42.7 Å². The maximum Gasteiger partial charge on any atom is 0.170 e. The monoisotopic (exact) mass is 296 g/mol. The Labute approximate surface area is 120 Å². The Balaban J connectivity index is 2.10. The summed E-state index contributed by atoms with van der Waals surface area (Å²) in [5.74, 6) is -2.09. The Morgan fingerprint density at radius 2 is 1.95 bits per heavy atom. The van der Waals surface area contributed by atoms with Gasteiger partial charge in [-0.15, -0.1) is 10.2 Å². The molecule has 2 aromatic rings. The molecule has 7 heteroatoms. The molecule has 0 fully saturated rings. The van der Waals surface area contributed by atoms with Gasteiger partial charge in [-0.05, 0) is 6.42 Å². The quantitative estimate of drug-likeness (QED) is 0.947. The van der Waals surface area contributed by atoms with Gasteiger partial charge in [-0.3, -0.25) is 0 Å². The molecule has 0 spiro atoms. The second-order valence-corrected chi connectivity index (χ2v) is 5.07. The first-order valence-electron chi connectivity index (χ1n) is 6.93. The SMILES string of the molecule is CCCC1NCCn2c(-c3c(F)cc(F)cc3F)nnc21. The van der Waals surface area contributed by atoms with Crippen molar-refractivity contribution in [3.8, 4) is 11.4 Å². The van der Waals surface area contributed by atoms with Crippen LogP contribution in [0.2, 0.25) is 0 Å². The minimum Gasteiger partial charge on any atom is -0.308 e. The van der Waals surface area contributed by atoms with Crippen LogP contribution in [-0.4, -0.2) is 21.3 Å². The van der Waals surface area contributed by atoms with Gasteiger partial charge in [0, 0.05) is 25.2 Å². The molecular formula is C14H15F3N4. The molecule has 1 aromatic carbocycles. The van der Waals surface area contributed by atoms with Crippen molar-refractivity contribution >= 4 is 0 Å².